The summed E-state index contributed by atoms with van der Waals surface area (Å²) >= 11 is 3.47. The van der Waals surface area contributed by atoms with Gasteiger partial charge in [0.25, 0.3) is 0 Å². The Hall–Kier alpha value is -1.00. The second kappa shape index (κ2) is 6.67. The maximum atomic E-state index is 5.75. The zero-order valence-electron chi connectivity index (χ0n) is 10.2. The van der Waals surface area contributed by atoms with E-state index < -0.39 is 0 Å². The molecule has 0 aliphatic heterocycles. The van der Waals surface area contributed by atoms with E-state index in [0.717, 1.165) is 10.0 Å². The Balaban J connectivity index is 3.11. The molecular weight excluding hydrogens is 282 g/mol. The number of hydrogen-bond acceptors (Lipinski definition) is 3. The third kappa shape index (κ3) is 3.75. The predicted octanol–water partition coefficient (Wildman–Crippen LogP) is 3.26. The van der Waals surface area contributed by atoms with Gasteiger partial charge in [0, 0.05) is 6.54 Å². The molecule has 0 spiro atoms. The first-order valence-corrected chi connectivity index (χ1v) is 6.36. The van der Waals surface area contributed by atoms with Gasteiger partial charge in [-0.05, 0) is 47.5 Å². The lowest BCUT2D eigenvalue weighted by atomic mass is 10.2. The first-order chi connectivity index (χ1) is 8.12. The summed E-state index contributed by atoms with van der Waals surface area (Å²) in [6, 6.07) is 3.84. The Bertz CT molecular complexity index is 393. The molecule has 0 aliphatic carbocycles. The van der Waals surface area contributed by atoms with Crippen LogP contribution in [0.3, 0.4) is 0 Å². The second-order valence-corrected chi connectivity index (χ2v) is 4.46. The van der Waals surface area contributed by atoms with E-state index in [1.165, 1.54) is 0 Å². The third-order valence-electron chi connectivity index (χ3n) is 2.24. The molecule has 1 unspecified atom stereocenters. The molecule has 0 aromatic heterocycles. The van der Waals surface area contributed by atoms with Gasteiger partial charge in [-0.3, -0.25) is 0 Å². The second-order valence-electron chi connectivity index (χ2n) is 3.60. The fourth-order valence-electron chi connectivity index (χ4n) is 1.35. The van der Waals surface area contributed by atoms with E-state index in [1.807, 2.05) is 26.0 Å². The highest BCUT2D eigenvalue weighted by atomic mass is 79.9. The maximum absolute atomic E-state index is 5.75. The SMILES string of the molecule is C=CC(C)Oc1c(Br)cc(CN)cc1OCC. The Kier molecular flexibility index (Phi) is 5.51. The van der Waals surface area contributed by atoms with Crippen molar-refractivity contribution in [2.75, 3.05) is 6.61 Å². The maximum Gasteiger partial charge on any atom is 0.176 e. The van der Waals surface area contributed by atoms with Gasteiger partial charge in [0.1, 0.15) is 6.10 Å². The van der Waals surface area contributed by atoms with Crippen LogP contribution in [0.15, 0.2) is 29.3 Å². The first kappa shape index (κ1) is 14.1. The largest absolute Gasteiger partial charge is 0.490 e. The molecule has 0 radical (unpaired) electrons. The van der Waals surface area contributed by atoms with E-state index in [0.29, 0.717) is 24.7 Å². The monoisotopic (exact) mass is 299 g/mol. The predicted molar refractivity (Wildman–Crippen MR) is 73.5 cm³/mol. The van der Waals surface area contributed by atoms with Crippen LogP contribution in [0.25, 0.3) is 0 Å². The number of rotatable bonds is 6. The molecule has 94 valence electrons. The Morgan fingerprint density at radius 3 is 2.76 bits per heavy atom. The first-order valence-electron chi connectivity index (χ1n) is 5.56. The van der Waals surface area contributed by atoms with Crippen molar-refractivity contribution in [2.24, 2.45) is 5.73 Å². The average Bonchev–Trinajstić information content (AvgIpc) is 2.33. The molecule has 3 nitrogen and oxygen atoms in total. The molecule has 17 heavy (non-hydrogen) atoms. The van der Waals surface area contributed by atoms with Crippen LogP contribution < -0.4 is 15.2 Å². The van der Waals surface area contributed by atoms with Crippen molar-refractivity contribution in [2.45, 2.75) is 26.5 Å². The van der Waals surface area contributed by atoms with Crippen LogP contribution in [-0.2, 0) is 6.54 Å². The number of benzene rings is 1. The van der Waals surface area contributed by atoms with Gasteiger partial charge in [0.05, 0.1) is 11.1 Å². The van der Waals surface area contributed by atoms with Crippen molar-refractivity contribution in [1.29, 1.82) is 0 Å². The highest BCUT2D eigenvalue weighted by Gasteiger charge is 2.13. The van der Waals surface area contributed by atoms with Crippen LogP contribution >= 0.6 is 15.9 Å². The smallest absolute Gasteiger partial charge is 0.176 e. The lowest BCUT2D eigenvalue weighted by molar-refractivity contribution is 0.243. The number of halogens is 1. The molecule has 4 heteroatoms. The van der Waals surface area contributed by atoms with Crippen LogP contribution in [0, 0.1) is 0 Å². The molecule has 1 rings (SSSR count). The van der Waals surface area contributed by atoms with Gasteiger partial charge in [-0.25, -0.2) is 0 Å². The molecule has 2 N–H and O–H groups in total. The van der Waals surface area contributed by atoms with E-state index in [2.05, 4.69) is 22.5 Å². The quantitative estimate of drug-likeness (QED) is 0.820. The Morgan fingerprint density at radius 1 is 1.53 bits per heavy atom. The summed E-state index contributed by atoms with van der Waals surface area (Å²) in [4.78, 5) is 0. The van der Waals surface area contributed by atoms with E-state index in [4.69, 9.17) is 15.2 Å². The Morgan fingerprint density at radius 2 is 2.24 bits per heavy atom. The van der Waals surface area contributed by atoms with Crippen molar-refractivity contribution < 1.29 is 9.47 Å². The molecule has 0 fully saturated rings. The molecule has 0 heterocycles. The number of ether oxygens (including phenoxy) is 2. The number of hydrogen-bond donors (Lipinski definition) is 1. The van der Waals surface area contributed by atoms with E-state index in [-0.39, 0.29) is 6.10 Å². The molecule has 0 bridgehead atoms. The fourth-order valence-corrected chi connectivity index (χ4v) is 1.93. The summed E-state index contributed by atoms with van der Waals surface area (Å²) in [5.41, 5.74) is 6.63. The highest BCUT2D eigenvalue weighted by Crippen LogP contribution is 2.37. The van der Waals surface area contributed by atoms with Crippen molar-refractivity contribution in [3.8, 4) is 11.5 Å². The normalized spacial score (nSPS) is 12.0. The molecule has 0 saturated carbocycles. The number of nitrogens with two attached hydrogens (primary N) is 1. The Labute approximate surface area is 111 Å². The van der Waals surface area contributed by atoms with Gasteiger partial charge in [0.2, 0.25) is 0 Å². The van der Waals surface area contributed by atoms with Crippen molar-refractivity contribution in [3.63, 3.8) is 0 Å². The standard InChI is InChI=1S/C13H18BrNO2/c1-4-9(3)17-13-11(14)6-10(8-15)7-12(13)16-5-2/h4,6-7,9H,1,5,8,15H2,2-3H3. The van der Waals surface area contributed by atoms with Gasteiger partial charge in [-0.2, -0.15) is 0 Å². The van der Waals surface area contributed by atoms with E-state index in [9.17, 15) is 0 Å². The molecule has 1 aromatic carbocycles. The molecule has 0 amide bonds. The minimum absolute atomic E-state index is 0.0748. The van der Waals surface area contributed by atoms with Gasteiger partial charge >= 0.3 is 0 Å². The average molecular weight is 300 g/mol. The molecule has 0 aliphatic rings. The summed E-state index contributed by atoms with van der Waals surface area (Å²) in [7, 11) is 0. The van der Waals surface area contributed by atoms with Crippen LogP contribution in [0.1, 0.15) is 19.4 Å². The summed E-state index contributed by atoms with van der Waals surface area (Å²) in [5, 5.41) is 0. The minimum Gasteiger partial charge on any atom is -0.490 e. The zero-order valence-corrected chi connectivity index (χ0v) is 11.8. The topological polar surface area (TPSA) is 44.5 Å². The van der Waals surface area contributed by atoms with Gasteiger partial charge in [-0.1, -0.05) is 12.7 Å². The lowest BCUT2D eigenvalue weighted by Crippen LogP contribution is -2.10. The third-order valence-corrected chi connectivity index (χ3v) is 2.83. The molecule has 1 atom stereocenters. The minimum atomic E-state index is -0.0748. The lowest BCUT2D eigenvalue weighted by Gasteiger charge is -2.17. The van der Waals surface area contributed by atoms with Crippen molar-refractivity contribution in [1.82, 2.24) is 0 Å². The van der Waals surface area contributed by atoms with Crippen LogP contribution in [0.4, 0.5) is 0 Å². The van der Waals surface area contributed by atoms with Gasteiger partial charge in [-0.15, -0.1) is 0 Å². The molecular formula is C13H18BrNO2. The van der Waals surface area contributed by atoms with E-state index in [1.54, 1.807) is 6.08 Å². The summed E-state index contributed by atoms with van der Waals surface area (Å²) < 4.78 is 12.2. The molecule has 1 aromatic rings. The van der Waals surface area contributed by atoms with Crippen LogP contribution in [0.2, 0.25) is 0 Å². The summed E-state index contributed by atoms with van der Waals surface area (Å²) in [6.07, 6.45) is 1.66. The molecule has 0 saturated heterocycles. The fraction of sp³-hybridized carbons (Fsp3) is 0.385. The summed E-state index contributed by atoms with van der Waals surface area (Å²) in [5.74, 6) is 1.40. The van der Waals surface area contributed by atoms with Crippen LogP contribution in [0.5, 0.6) is 11.5 Å². The highest BCUT2D eigenvalue weighted by molar-refractivity contribution is 9.10. The van der Waals surface area contributed by atoms with Gasteiger partial charge in [0.15, 0.2) is 11.5 Å². The van der Waals surface area contributed by atoms with Crippen molar-refractivity contribution in [3.05, 3.63) is 34.8 Å². The van der Waals surface area contributed by atoms with Crippen LogP contribution in [-0.4, -0.2) is 12.7 Å². The van der Waals surface area contributed by atoms with Gasteiger partial charge < -0.3 is 15.2 Å². The zero-order chi connectivity index (χ0) is 12.8. The summed E-state index contributed by atoms with van der Waals surface area (Å²) in [6.45, 7) is 8.60. The van der Waals surface area contributed by atoms with Crippen molar-refractivity contribution >= 4 is 15.9 Å². The van der Waals surface area contributed by atoms with E-state index >= 15 is 0 Å².